The van der Waals surface area contributed by atoms with Gasteiger partial charge in [-0.2, -0.15) is 10.4 Å². The Balaban J connectivity index is 1.32. The molecule has 2 heterocycles. The number of hydrogen-bond donors (Lipinski definition) is 1. The molecule has 1 amide bonds. The van der Waals surface area contributed by atoms with Gasteiger partial charge < -0.3 is 4.90 Å². The number of aromatic nitrogens is 2. The number of nitrogens with zero attached hydrogens (tertiary/aromatic N) is 4. The molecule has 1 aliphatic rings. The molecule has 178 valence electrons. The van der Waals surface area contributed by atoms with Gasteiger partial charge in [0.25, 0.3) is 5.91 Å². The summed E-state index contributed by atoms with van der Waals surface area (Å²) in [5.74, 6) is -0.242. The monoisotopic (exact) mass is 473 g/mol. The van der Waals surface area contributed by atoms with Gasteiger partial charge in [-0.15, -0.1) is 0 Å². The maximum absolute atomic E-state index is 13.3. The maximum Gasteiger partial charge on any atom is 0.264 e. The lowest BCUT2D eigenvalue weighted by atomic mass is 9.96. The fourth-order valence-electron chi connectivity index (χ4n) is 4.78. The zero-order valence-electron chi connectivity index (χ0n) is 19.9. The Kier molecular flexibility index (Phi) is 7.02. The number of benzene rings is 3. The number of amides is 1. The summed E-state index contributed by atoms with van der Waals surface area (Å²) >= 11 is 0. The third-order valence-corrected chi connectivity index (χ3v) is 6.58. The Morgan fingerprint density at radius 1 is 0.861 bits per heavy atom. The summed E-state index contributed by atoms with van der Waals surface area (Å²) < 4.78 is 0. The van der Waals surface area contributed by atoms with Crippen LogP contribution in [0, 0.1) is 11.3 Å². The van der Waals surface area contributed by atoms with Gasteiger partial charge in [-0.1, -0.05) is 91.0 Å². The van der Waals surface area contributed by atoms with Crippen LogP contribution in [0.2, 0.25) is 0 Å². The summed E-state index contributed by atoms with van der Waals surface area (Å²) in [6, 6.07) is 32.9. The quantitative estimate of drug-likeness (QED) is 0.319. The van der Waals surface area contributed by atoms with Gasteiger partial charge in [0.05, 0.1) is 17.9 Å². The Morgan fingerprint density at radius 3 is 1.97 bits per heavy atom. The number of H-pyrrole nitrogens is 1. The smallest absolute Gasteiger partial charge is 0.264 e. The van der Waals surface area contributed by atoms with E-state index in [1.807, 2.05) is 42.5 Å². The number of nitriles is 1. The van der Waals surface area contributed by atoms with Crippen molar-refractivity contribution in [1.82, 2.24) is 20.0 Å². The van der Waals surface area contributed by atoms with Gasteiger partial charge in [0.1, 0.15) is 11.6 Å². The van der Waals surface area contributed by atoms with Crippen molar-refractivity contribution in [3.63, 3.8) is 0 Å². The molecule has 1 aliphatic heterocycles. The van der Waals surface area contributed by atoms with Crippen LogP contribution in [0.25, 0.3) is 17.3 Å². The number of rotatable bonds is 6. The Labute approximate surface area is 211 Å². The van der Waals surface area contributed by atoms with Crippen LogP contribution in [0.5, 0.6) is 0 Å². The van der Waals surface area contributed by atoms with Gasteiger partial charge in [0, 0.05) is 37.3 Å². The lowest BCUT2D eigenvalue weighted by Crippen LogP contribution is -2.50. The molecular weight excluding hydrogens is 446 g/mol. The average Bonchev–Trinajstić information content (AvgIpc) is 3.42. The van der Waals surface area contributed by atoms with E-state index in [0.717, 1.165) is 29.9 Å². The lowest BCUT2D eigenvalue weighted by molar-refractivity contribution is -0.128. The van der Waals surface area contributed by atoms with Crippen molar-refractivity contribution in [1.29, 1.82) is 5.26 Å². The van der Waals surface area contributed by atoms with Crippen LogP contribution in [-0.4, -0.2) is 52.1 Å². The molecule has 0 atom stereocenters. The largest absolute Gasteiger partial charge is 0.335 e. The summed E-state index contributed by atoms with van der Waals surface area (Å²) in [4.78, 5) is 17.5. The normalized spacial score (nSPS) is 14.6. The van der Waals surface area contributed by atoms with E-state index in [-0.39, 0.29) is 17.5 Å². The molecule has 1 N–H and O–H groups in total. The van der Waals surface area contributed by atoms with E-state index in [1.165, 1.54) is 11.1 Å². The van der Waals surface area contributed by atoms with Crippen LogP contribution in [0.1, 0.15) is 22.7 Å². The van der Waals surface area contributed by atoms with E-state index in [0.29, 0.717) is 13.1 Å². The third kappa shape index (κ3) is 4.97. The molecule has 6 nitrogen and oxygen atoms in total. The summed E-state index contributed by atoms with van der Waals surface area (Å²) in [6.07, 6.45) is 3.28. The minimum absolute atomic E-state index is 0.115. The molecule has 0 unspecified atom stereocenters. The Morgan fingerprint density at radius 2 is 1.42 bits per heavy atom. The standard InChI is InChI=1S/C30H27N5O/c31-21-26(20-27-22-32-33-28(27)23-10-4-1-5-11-23)30(36)35-18-16-34(17-19-35)29(24-12-6-2-7-13-24)25-14-8-3-9-15-25/h1-15,20,22,29H,16-19H2,(H,32,33)/b26-20+. The van der Waals surface area contributed by atoms with E-state index in [9.17, 15) is 10.1 Å². The van der Waals surface area contributed by atoms with E-state index in [2.05, 4.69) is 69.7 Å². The summed E-state index contributed by atoms with van der Waals surface area (Å²) in [5.41, 5.74) is 5.04. The zero-order chi connectivity index (χ0) is 24.7. The van der Waals surface area contributed by atoms with E-state index < -0.39 is 0 Å². The fraction of sp³-hybridized carbons (Fsp3) is 0.167. The van der Waals surface area contributed by atoms with Gasteiger partial charge in [0.15, 0.2) is 0 Å². The molecule has 0 radical (unpaired) electrons. The number of carbonyl (C=O) groups excluding carboxylic acids is 1. The number of carbonyl (C=O) groups is 1. The van der Waals surface area contributed by atoms with Crippen molar-refractivity contribution in [3.8, 4) is 17.3 Å². The fourth-order valence-corrected chi connectivity index (χ4v) is 4.78. The van der Waals surface area contributed by atoms with E-state index >= 15 is 0 Å². The summed E-state index contributed by atoms with van der Waals surface area (Å²) in [5, 5.41) is 16.9. The average molecular weight is 474 g/mol. The molecule has 0 spiro atoms. The number of aromatic amines is 1. The molecule has 1 saturated heterocycles. The van der Waals surface area contributed by atoms with Gasteiger partial charge in [-0.3, -0.25) is 14.8 Å². The van der Waals surface area contributed by atoms with E-state index in [4.69, 9.17) is 0 Å². The Bertz CT molecular complexity index is 1330. The van der Waals surface area contributed by atoms with Gasteiger partial charge in [0.2, 0.25) is 0 Å². The first-order valence-electron chi connectivity index (χ1n) is 12.1. The van der Waals surface area contributed by atoms with Crippen molar-refractivity contribution in [2.45, 2.75) is 6.04 Å². The molecule has 1 fully saturated rings. The van der Waals surface area contributed by atoms with E-state index in [1.54, 1.807) is 17.2 Å². The molecule has 4 aromatic rings. The second kappa shape index (κ2) is 10.9. The first-order chi connectivity index (χ1) is 17.7. The molecule has 0 saturated carbocycles. The van der Waals surface area contributed by atoms with Crippen LogP contribution in [0.3, 0.4) is 0 Å². The van der Waals surface area contributed by atoms with Crippen molar-refractivity contribution < 1.29 is 4.79 Å². The second-order valence-electron chi connectivity index (χ2n) is 8.79. The van der Waals surface area contributed by atoms with Gasteiger partial charge >= 0.3 is 0 Å². The van der Waals surface area contributed by atoms with Crippen molar-refractivity contribution in [2.75, 3.05) is 26.2 Å². The second-order valence-corrected chi connectivity index (χ2v) is 8.79. The third-order valence-electron chi connectivity index (χ3n) is 6.58. The van der Waals surface area contributed by atoms with Crippen LogP contribution >= 0.6 is 0 Å². The molecule has 6 heteroatoms. The number of hydrogen-bond acceptors (Lipinski definition) is 4. The minimum atomic E-state index is -0.242. The van der Waals surface area contributed by atoms with Gasteiger partial charge in [-0.25, -0.2) is 0 Å². The summed E-state index contributed by atoms with van der Waals surface area (Å²) in [7, 11) is 0. The first-order valence-corrected chi connectivity index (χ1v) is 12.1. The highest BCUT2D eigenvalue weighted by atomic mass is 16.2. The van der Waals surface area contributed by atoms with Crippen molar-refractivity contribution in [2.24, 2.45) is 0 Å². The Hall–Kier alpha value is -4.47. The highest BCUT2D eigenvalue weighted by molar-refractivity contribution is 6.02. The van der Waals surface area contributed by atoms with Crippen molar-refractivity contribution >= 4 is 12.0 Å². The van der Waals surface area contributed by atoms with Crippen LogP contribution in [0.15, 0.2) is 103 Å². The van der Waals surface area contributed by atoms with Crippen LogP contribution in [-0.2, 0) is 4.79 Å². The molecule has 0 aliphatic carbocycles. The first kappa shape index (κ1) is 23.3. The SMILES string of the molecule is N#C/C(=C\c1cn[nH]c1-c1ccccc1)C(=O)N1CCN(C(c2ccccc2)c2ccccc2)CC1. The van der Waals surface area contributed by atoms with Gasteiger partial charge in [-0.05, 0) is 17.2 Å². The highest BCUT2D eigenvalue weighted by Gasteiger charge is 2.29. The molecule has 3 aromatic carbocycles. The lowest BCUT2D eigenvalue weighted by Gasteiger charge is -2.39. The maximum atomic E-state index is 13.3. The predicted octanol–water partition coefficient (Wildman–Crippen LogP) is 4.92. The highest BCUT2D eigenvalue weighted by Crippen LogP contribution is 2.30. The molecular formula is C30H27N5O. The van der Waals surface area contributed by atoms with Crippen LogP contribution < -0.4 is 0 Å². The summed E-state index contributed by atoms with van der Waals surface area (Å²) in [6.45, 7) is 2.57. The minimum Gasteiger partial charge on any atom is -0.335 e. The van der Waals surface area contributed by atoms with Crippen LogP contribution in [0.4, 0.5) is 0 Å². The number of nitrogens with one attached hydrogen (secondary N) is 1. The topological polar surface area (TPSA) is 76.0 Å². The molecule has 5 rings (SSSR count). The molecule has 0 bridgehead atoms. The number of piperazine rings is 1. The molecule has 36 heavy (non-hydrogen) atoms. The molecule has 1 aromatic heterocycles. The predicted molar refractivity (Wildman–Crippen MR) is 140 cm³/mol. The zero-order valence-corrected chi connectivity index (χ0v) is 19.9. The van der Waals surface area contributed by atoms with Crippen molar-refractivity contribution in [3.05, 3.63) is 119 Å².